The van der Waals surface area contributed by atoms with Gasteiger partial charge in [-0.2, -0.15) is 0 Å². The van der Waals surface area contributed by atoms with Crippen LogP contribution < -0.4 is 4.74 Å². The molecule has 0 aliphatic rings. The van der Waals surface area contributed by atoms with E-state index in [9.17, 15) is 9.59 Å². The van der Waals surface area contributed by atoms with Gasteiger partial charge in [0.05, 0.1) is 17.6 Å². The summed E-state index contributed by atoms with van der Waals surface area (Å²) in [6.07, 6.45) is 0.382. The van der Waals surface area contributed by atoms with Crippen LogP contribution in [0.5, 0.6) is 5.75 Å². The zero-order chi connectivity index (χ0) is 15.9. The van der Waals surface area contributed by atoms with Crippen LogP contribution in [0.4, 0.5) is 0 Å². The third kappa shape index (κ3) is 3.79. The number of thiophene rings is 1. The van der Waals surface area contributed by atoms with Crippen LogP contribution in [0, 0.1) is 0 Å². The number of methoxy groups -OCH3 is 1. The lowest BCUT2D eigenvalue weighted by Gasteiger charge is -2.03. The van der Waals surface area contributed by atoms with Gasteiger partial charge >= 0.3 is 5.97 Å². The minimum Gasteiger partial charge on any atom is -0.497 e. The Morgan fingerprint density at radius 2 is 1.91 bits per heavy atom. The first-order chi connectivity index (χ1) is 10.7. The molecule has 22 heavy (non-hydrogen) atoms. The van der Waals surface area contributed by atoms with Crippen molar-refractivity contribution >= 4 is 28.8 Å². The van der Waals surface area contributed by atoms with E-state index in [-0.39, 0.29) is 11.5 Å². The number of rotatable bonds is 6. The molecule has 0 spiro atoms. The molecule has 0 saturated carbocycles. The highest BCUT2D eigenvalue weighted by molar-refractivity contribution is 7.13. The summed E-state index contributed by atoms with van der Waals surface area (Å²) >= 11 is 1.32. The molecule has 0 amide bonds. The predicted octanol–water partition coefficient (Wildman–Crippen LogP) is 3.56. The standard InChI is InChI=1S/C16H15NO4S/c1-3-13(15(18)14-5-4-10-22-14)17-21-16(19)11-6-8-12(20-2)9-7-11/h4-10H,3H2,1-2H3/b17-13+. The molecule has 5 nitrogen and oxygen atoms in total. The van der Waals surface area contributed by atoms with Crippen LogP contribution in [-0.2, 0) is 4.84 Å². The van der Waals surface area contributed by atoms with Crippen molar-refractivity contribution in [2.24, 2.45) is 5.16 Å². The molecular formula is C16H15NO4S. The van der Waals surface area contributed by atoms with E-state index in [1.54, 1.807) is 50.4 Å². The van der Waals surface area contributed by atoms with E-state index in [1.165, 1.54) is 11.3 Å². The highest BCUT2D eigenvalue weighted by Crippen LogP contribution is 2.14. The summed E-state index contributed by atoms with van der Waals surface area (Å²) in [5.74, 6) is -0.199. The van der Waals surface area contributed by atoms with E-state index in [2.05, 4.69) is 5.16 Å². The summed E-state index contributed by atoms with van der Waals surface area (Å²) in [6.45, 7) is 1.78. The van der Waals surface area contributed by atoms with Crippen LogP contribution in [0.3, 0.4) is 0 Å². The highest BCUT2D eigenvalue weighted by atomic mass is 32.1. The topological polar surface area (TPSA) is 65.0 Å². The number of hydrogen-bond donors (Lipinski definition) is 0. The van der Waals surface area contributed by atoms with Crippen molar-refractivity contribution in [3.63, 3.8) is 0 Å². The Hall–Kier alpha value is -2.47. The molecule has 0 bridgehead atoms. The molecule has 114 valence electrons. The smallest absolute Gasteiger partial charge is 0.365 e. The fourth-order valence-corrected chi connectivity index (χ4v) is 2.38. The fourth-order valence-electron chi connectivity index (χ4n) is 1.69. The van der Waals surface area contributed by atoms with Crippen LogP contribution in [-0.4, -0.2) is 24.6 Å². The van der Waals surface area contributed by atoms with Crippen molar-refractivity contribution in [2.75, 3.05) is 7.11 Å². The van der Waals surface area contributed by atoms with Crippen molar-refractivity contribution in [1.29, 1.82) is 0 Å². The van der Waals surface area contributed by atoms with Crippen LogP contribution >= 0.6 is 11.3 Å². The average Bonchev–Trinajstić information content (AvgIpc) is 3.09. The van der Waals surface area contributed by atoms with Gasteiger partial charge in [0.25, 0.3) is 0 Å². The SMILES string of the molecule is CC/C(=N\OC(=O)c1ccc(OC)cc1)C(=O)c1cccs1. The Balaban J connectivity index is 2.07. The van der Waals surface area contributed by atoms with Crippen molar-refractivity contribution < 1.29 is 19.2 Å². The predicted molar refractivity (Wildman–Crippen MR) is 84.8 cm³/mol. The van der Waals surface area contributed by atoms with Crippen molar-refractivity contribution in [3.05, 3.63) is 52.2 Å². The maximum atomic E-state index is 12.1. The molecule has 0 unspecified atom stereocenters. The molecule has 1 aromatic carbocycles. The van der Waals surface area contributed by atoms with E-state index < -0.39 is 5.97 Å². The van der Waals surface area contributed by atoms with Crippen molar-refractivity contribution in [1.82, 2.24) is 0 Å². The third-order valence-electron chi connectivity index (χ3n) is 2.91. The Labute approximate surface area is 132 Å². The molecule has 0 aliphatic heterocycles. The molecule has 1 aromatic heterocycles. The van der Waals surface area contributed by atoms with Gasteiger partial charge in [0.15, 0.2) is 0 Å². The summed E-state index contributed by atoms with van der Waals surface area (Å²) in [4.78, 5) is 29.5. The van der Waals surface area contributed by atoms with Gasteiger partial charge in [-0.3, -0.25) is 4.79 Å². The summed E-state index contributed by atoms with van der Waals surface area (Å²) in [6, 6.07) is 9.94. The van der Waals surface area contributed by atoms with E-state index in [1.807, 2.05) is 5.38 Å². The van der Waals surface area contributed by atoms with E-state index >= 15 is 0 Å². The highest BCUT2D eigenvalue weighted by Gasteiger charge is 2.15. The molecule has 0 fully saturated rings. The quantitative estimate of drug-likeness (QED) is 0.354. The van der Waals surface area contributed by atoms with Gasteiger partial charge in [-0.15, -0.1) is 11.3 Å². The number of oxime groups is 1. The lowest BCUT2D eigenvalue weighted by atomic mass is 10.2. The molecule has 0 N–H and O–H groups in total. The van der Waals surface area contributed by atoms with Crippen LogP contribution in [0.1, 0.15) is 33.4 Å². The maximum Gasteiger partial charge on any atom is 0.365 e. The average molecular weight is 317 g/mol. The van der Waals surface area contributed by atoms with Gasteiger partial charge in [-0.05, 0) is 42.1 Å². The second kappa shape index (κ2) is 7.51. The number of ether oxygens (including phenoxy) is 1. The summed E-state index contributed by atoms with van der Waals surface area (Å²) in [5.41, 5.74) is 0.549. The zero-order valence-electron chi connectivity index (χ0n) is 12.2. The molecular weight excluding hydrogens is 302 g/mol. The van der Waals surface area contributed by atoms with Gasteiger partial charge < -0.3 is 9.57 Å². The summed E-state index contributed by atoms with van der Waals surface area (Å²) in [5, 5.41) is 5.52. The van der Waals surface area contributed by atoms with E-state index in [4.69, 9.17) is 9.57 Å². The minimum absolute atomic E-state index is 0.212. The van der Waals surface area contributed by atoms with Gasteiger partial charge in [-0.25, -0.2) is 4.79 Å². The van der Waals surface area contributed by atoms with Crippen molar-refractivity contribution in [2.45, 2.75) is 13.3 Å². The van der Waals surface area contributed by atoms with Gasteiger partial charge in [0, 0.05) is 0 Å². The number of carbonyl (C=O) groups excluding carboxylic acids is 2. The minimum atomic E-state index is -0.618. The Kier molecular flexibility index (Phi) is 5.43. The molecule has 0 saturated heterocycles. The second-order valence-corrected chi connectivity index (χ2v) is 5.25. The van der Waals surface area contributed by atoms with E-state index in [0.717, 1.165) is 0 Å². The van der Waals surface area contributed by atoms with Crippen LogP contribution in [0.15, 0.2) is 46.9 Å². The first-order valence-electron chi connectivity index (χ1n) is 6.66. The van der Waals surface area contributed by atoms with E-state index in [0.29, 0.717) is 22.6 Å². The molecule has 1 heterocycles. The lowest BCUT2D eigenvalue weighted by Crippen LogP contribution is -2.14. The first-order valence-corrected chi connectivity index (χ1v) is 7.54. The van der Waals surface area contributed by atoms with Gasteiger partial charge in [0.1, 0.15) is 11.5 Å². The van der Waals surface area contributed by atoms with Crippen LogP contribution in [0.25, 0.3) is 0 Å². The number of benzene rings is 1. The zero-order valence-corrected chi connectivity index (χ0v) is 13.1. The maximum absolute atomic E-state index is 12.1. The number of nitrogens with zero attached hydrogens (tertiary/aromatic N) is 1. The second-order valence-electron chi connectivity index (χ2n) is 4.31. The van der Waals surface area contributed by atoms with Crippen molar-refractivity contribution in [3.8, 4) is 5.75 Å². The Bertz CT molecular complexity index is 675. The van der Waals surface area contributed by atoms with Gasteiger partial charge in [-0.1, -0.05) is 18.1 Å². The largest absolute Gasteiger partial charge is 0.497 e. The number of Topliss-reactive ketones (excluding diaryl/α,β-unsaturated/α-hetero) is 1. The number of carbonyl (C=O) groups is 2. The number of hydrogen-bond acceptors (Lipinski definition) is 6. The molecule has 0 aliphatic carbocycles. The number of ketones is 1. The lowest BCUT2D eigenvalue weighted by molar-refractivity contribution is 0.0515. The molecule has 0 radical (unpaired) electrons. The normalized spacial score (nSPS) is 11.1. The third-order valence-corrected chi connectivity index (χ3v) is 3.78. The monoisotopic (exact) mass is 317 g/mol. The summed E-state index contributed by atoms with van der Waals surface area (Å²) < 4.78 is 5.01. The molecule has 0 atom stereocenters. The summed E-state index contributed by atoms with van der Waals surface area (Å²) in [7, 11) is 1.54. The Morgan fingerprint density at radius 1 is 1.18 bits per heavy atom. The molecule has 6 heteroatoms. The van der Waals surface area contributed by atoms with Crippen LogP contribution in [0.2, 0.25) is 0 Å². The first kappa shape index (κ1) is 15.9. The fraction of sp³-hybridized carbons (Fsp3) is 0.188. The van der Waals surface area contributed by atoms with Gasteiger partial charge in [0.2, 0.25) is 5.78 Å². The molecule has 2 rings (SSSR count). The molecule has 2 aromatic rings. The Morgan fingerprint density at radius 3 is 2.45 bits per heavy atom.